The van der Waals surface area contributed by atoms with Crippen molar-refractivity contribution in [3.63, 3.8) is 0 Å². The predicted octanol–water partition coefficient (Wildman–Crippen LogP) is 6.93. The van der Waals surface area contributed by atoms with Crippen molar-refractivity contribution < 1.29 is 0 Å². The molecule has 0 nitrogen and oxygen atoms in total. The highest BCUT2D eigenvalue weighted by Gasteiger charge is 2.41. The van der Waals surface area contributed by atoms with Gasteiger partial charge in [-0.15, -0.1) is 5.54 Å². The third-order valence-corrected chi connectivity index (χ3v) is 11.8. The summed E-state index contributed by atoms with van der Waals surface area (Å²) in [6.45, 7) is 13.9. The quantitative estimate of drug-likeness (QED) is 0.397. The molecule has 2 aromatic rings. The van der Waals surface area contributed by atoms with Crippen LogP contribution in [0.3, 0.4) is 0 Å². The van der Waals surface area contributed by atoms with Crippen LogP contribution in [-0.4, -0.2) is 8.07 Å². The van der Waals surface area contributed by atoms with Crippen LogP contribution >= 0.6 is 0 Å². The Morgan fingerprint density at radius 2 is 1.07 bits per heavy atom. The van der Waals surface area contributed by atoms with Gasteiger partial charge in [-0.3, -0.25) is 0 Å². The number of benzene rings is 2. The summed E-state index contributed by atoms with van der Waals surface area (Å²) >= 11 is 0. The zero-order valence-electron chi connectivity index (χ0n) is 17.9. The molecule has 0 spiro atoms. The topological polar surface area (TPSA) is 0 Å². The first-order valence-corrected chi connectivity index (χ1v) is 12.3. The van der Waals surface area contributed by atoms with E-state index in [1.165, 1.54) is 11.1 Å². The molecule has 0 atom stereocenters. The molecule has 0 heterocycles. The van der Waals surface area contributed by atoms with Crippen molar-refractivity contribution in [1.82, 2.24) is 0 Å². The van der Waals surface area contributed by atoms with Crippen molar-refractivity contribution in [1.29, 1.82) is 0 Å². The van der Waals surface area contributed by atoms with Gasteiger partial charge in [0.15, 0.2) is 0 Å². The SMILES string of the molecule is CC(C)[Si](C#CC#CC#Cc1ccc(-c2ccccc2)cc1)(C(C)C)C(C)C. The molecule has 142 valence electrons. The zero-order chi connectivity index (χ0) is 20.6. The van der Waals surface area contributed by atoms with Crippen LogP contribution in [0, 0.1) is 35.1 Å². The minimum absolute atomic E-state index is 0.621. The fraction of sp³-hybridized carbons (Fsp3) is 0.333. The Morgan fingerprint density at radius 1 is 0.571 bits per heavy atom. The number of hydrogen-bond donors (Lipinski definition) is 0. The Labute approximate surface area is 172 Å². The lowest BCUT2D eigenvalue weighted by atomic mass is 10.0. The van der Waals surface area contributed by atoms with E-state index in [9.17, 15) is 0 Å². The molecule has 28 heavy (non-hydrogen) atoms. The Bertz CT molecular complexity index is 922. The van der Waals surface area contributed by atoms with Crippen LogP contribution in [0.15, 0.2) is 54.6 Å². The van der Waals surface area contributed by atoms with Gasteiger partial charge in [-0.2, -0.15) is 0 Å². The van der Waals surface area contributed by atoms with Gasteiger partial charge in [0.05, 0.1) is 0 Å². The van der Waals surface area contributed by atoms with Crippen LogP contribution in [0.25, 0.3) is 11.1 Å². The zero-order valence-corrected chi connectivity index (χ0v) is 18.9. The lowest BCUT2D eigenvalue weighted by molar-refractivity contribution is 0.838. The van der Waals surface area contributed by atoms with E-state index in [0.29, 0.717) is 16.6 Å². The van der Waals surface area contributed by atoms with Crippen molar-refractivity contribution in [3.8, 4) is 46.3 Å². The Morgan fingerprint density at radius 3 is 1.61 bits per heavy atom. The molecule has 0 N–H and O–H groups in total. The molecule has 0 aliphatic carbocycles. The first-order valence-electron chi connectivity index (χ1n) is 10.1. The van der Waals surface area contributed by atoms with E-state index in [4.69, 9.17) is 0 Å². The maximum Gasteiger partial charge on any atom is 0.147 e. The van der Waals surface area contributed by atoms with E-state index in [-0.39, 0.29) is 0 Å². The maximum absolute atomic E-state index is 3.60. The number of hydrogen-bond acceptors (Lipinski definition) is 0. The summed E-state index contributed by atoms with van der Waals surface area (Å²) in [4.78, 5) is 0. The summed E-state index contributed by atoms with van der Waals surface area (Å²) in [6, 6.07) is 18.6. The summed E-state index contributed by atoms with van der Waals surface area (Å²) in [6.07, 6.45) is 0. The summed E-state index contributed by atoms with van der Waals surface area (Å²) < 4.78 is 0. The fourth-order valence-corrected chi connectivity index (χ4v) is 9.26. The van der Waals surface area contributed by atoms with Gasteiger partial charge in [-0.1, -0.05) is 89.9 Å². The van der Waals surface area contributed by atoms with Crippen LogP contribution in [0.4, 0.5) is 0 Å². The Balaban J connectivity index is 2.12. The van der Waals surface area contributed by atoms with Crippen molar-refractivity contribution >= 4 is 8.07 Å². The van der Waals surface area contributed by atoms with Gasteiger partial charge in [0, 0.05) is 5.56 Å². The van der Waals surface area contributed by atoms with Crippen molar-refractivity contribution in [2.75, 3.05) is 0 Å². The molecule has 0 bridgehead atoms. The van der Waals surface area contributed by atoms with E-state index < -0.39 is 8.07 Å². The van der Waals surface area contributed by atoms with Gasteiger partial charge in [-0.05, 0) is 63.6 Å². The van der Waals surface area contributed by atoms with Gasteiger partial charge in [0.1, 0.15) is 8.07 Å². The number of rotatable bonds is 4. The highest BCUT2D eigenvalue weighted by molar-refractivity contribution is 6.90. The Kier molecular flexibility index (Phi) is 7.76. The second kappa shape index (κ2) is 10.0. The highest BCUT2D eigenvalue weighted by atomic mass is 28.3. The van der Waals surface area contributed by atoms with Crippen molar-refractivity contribution in [3.05, 3.63) is 60.2 Å². The molecule has 0 aliphatic rings. The average Bonchev–Trinajstić information content (AvgIpc) is 2.67. The van der Waals surface area contributed by atoms with E-state index in [1.807, 2.05) is 18.2 Å². The molecule has 0 unspecified atom stereocenters. The van der Waals surface area contributed by atoms with E-state index >= 15 is 0 Å². The van der Waals surface area contributed by atoms with Crippen molar-refractivity contribution in [2.24, 2.45) is 0 Å². The summed E-state index contributed by atoms with van der Waals surface area (Å²) in [5.74, 6) is 15.1. The van der Waals surface area contributed by atoms with Gasteiger partial charge in [-0.25, -0.2) is 0 Å². The lowest BCUT2D eigenvalue weighted by Crippen LogP contribution is -2.43. The van der Waals surface area contributed by atoms with E-state index in [2.05, 4.69) is 113 Å². The average molecular weight is 383 g/mol. The third-order valence-electron chi connectivity index (χ3n) is 5.53. The van der Waals surface area contributed by atoms with Crippen LogP contribution in [0.1, 0.15) is 47.1 Å². The monoisotopic (exact) mass is 382 g/mol. The van der Waals surface area contributed by atoms with Crippen LogP contribution in [-0.2, 0) is 0 Å². The first kappa shape index (κ1) is 21.6. The maximum atomic E-state index is 3.60. The Hall–Kier alpha value is -2.66. The second-order valence-corrected chi connectivity index (χ2v) is 13.7. The summed E-state index contributed by atoms with van der Waals surface area (Å²) in [5, 5.41) is 0. The predicted molar refractivity (Wildman–Crippen MR) is 125 cm³/mol. The fourth-order valence-electron chi connectivity index (χ4n) is 4.12. The molecule has 0 aliphatic heterocycles. The molecule has 0 saturated heterocycles. The van der Waals surface area contributed by atoms with E-state index in [1.54, 1.807) is 0 Å². The van der Waals surface area contributed by atoms with Crippen molar-refractivity contribution in [2.45, 2.75) is 58.2 Å². The molecular formula is C27H30Si. The summed E-state index contributed by atoms with van der Waals surface area (Å²) in [7, 11) is -1.70. The third kappa shape index (κ3) is 5.20. The highest BCUT2D eigenvalue weighted by Crippen LogP contribution is 2.40. The molecule has 0 fully saturated rings. The van der Waals surface area contributed by atoms with Gasteiger partial charge in [0.25, 0.3) is 0 Å². The molecule has 2 rings (SSSR count). The minimum atomic E-state index is -1.70. The molecular weight excluding hydrogens is 352 g/mol. The minimum Gasteiger partial charge on any atom is -0.116 e. The molecule has 1 heteroatoms. The molecule has 0 saturated carbocycles. The van der Waals surface area contributed by atoms with Crippen LogP contribution in [0.5, 0.6) is 0 Å². The molecule has 2 aromatic carbocycles. The standard InChI is InChI=1S/C27H30Si/c1-22(2)28(23(3)4,24(5)6)21-13-8-7-10-14-25-17-19-27(20-18-25)26-15-11-9-12-16-26/h9,11-12,15-20,22-24H,1-6H3. The van der Waals surface area contributed by atoms with E-state index in [0.717, 1.165) is 5.56 Å². The normalized spacial score (nSPS) is 10.6. The van der Waals surface area contributed by atoms with Gasteiger partial charge in [0.2, 0.25) is 0 Å². The molecule has 0 aromatic heterocycles. The second-order valence-electron chi connectivity index (χ2n) is 8.09. The first-order chi connectivity index (χ1) is 13.4. The summed E-state index contributed by atoms with van der Waals surface area (Å²) in [5.41, 5.74) is 8.84. The van der Waals surface area contributed by atoms with Gasteiger partial charge < -0.3 is 0 Å². The molecule has 0 radical (unpaired) electrons. The molecule has 0 amide bonds. The largest absolute Gasteiger partial charge is 0.147 e. The smallest absolute Gasteiger partial charge is 0.116 e. The van der Waals surface area contributed by atoms with Crippen LogP contribution < -0.4 is 0 Å². The van der Waals surface area contributed by atoms with Crippen LogP contribution in [0.2, 0.25) is 16.6 Å². The lowest BCUT2D eigenvalue weighted by Gasteiger charge is -2.37. The van der Waals surface area contributed by atoms with Gasteiger partial charge >= 0.3 is 0 Å².